The number of carboxylic acids is 1. The van der Waals surface area contributed by atoms with Gasteiger partial charge in [0.15, 0.2) is 0 Å². The standard InChI is InChI=1S/C13H22N2O3/c1-9(14)11(16)15-7-6-13(8-15)4-2-10(3-5-13)12(17)18/h9-10H,2-8,14H2,1H3,(H,17,18). The number of hydrogen-bond donors (Lipinski definition) is 2. The molecule has 5 heteroatoms. The number of nitrogens with zero attached hydrogens (tertiary/aromatic N) is 1. The Morgan fingerprint density at radius 2 is 1.94 bits per heavy atom. The first-order chi connectivity index (χ1) is 8.43. The van der Waals surface area contributed by atoms with Crippen molar-refractivity contribution >= 4 is 11.9 Å². The van der Waals surface area contributed by atoms with Gasteiger partial charge in [0.05, 0.1) is 12.0 Å². The lowest BCUT2D eigenvalue weighted by molar-refractivity contribution is -0.143. The van der Waals surface area contributed by atoms with E-state index in [1.807, 2.05) is 4.90 Å². The maximum atomic E-state index is 11.9. The zero-order valence-corrected chi connectivity index (χ0v) is 10.9. The summed E-state index contributed by atoms with van der Waals surface area (Å²) < 4.78 is 0. The van der Waals surface area contributed by atoms with Crippen LogP contribution in [0.5, 0.6) is 0 Å². The quantitative estimate of drug-likeness (QED) is 0.764. The topological polar surface area (TPSA) is 83.6 Å². The summed E-state index contributed by atoms with van der Waals surface area (Å²) in [6.07, 6.45) is 4.34. The number of likely N-dealkylation sites (tertiary alicyclic amines) is 1. The summed E-state index contributed by atoms with van der Waals surface area (Å²) in [6, 6.07) is -0.435. The van der Waals surface area contributed by atoms with E-state index < -0.39 is 12.0 Å². The minimum absolute atomic E-state index is 0.0206. The molecule has 1 aliphatic heterocycles. The van der Waals surface area contributed by atoms with Gasteiger partial charge in [-0.15, -0.1) is 0 Å². The third kappa shape index (κ3) is 2.51. The Balaban J connectivity index is 1.93. The molecule has 0 aromatic rings. The molecule has 5 nitrogen and oxygen atoms in total. The van der Waals surface area contributed by atoms with E-state index in [-0.39, 0.29) is 17.2 Å². The third-order valence-corrected chi connectivity index (χ3v) is 4.54. The molecule has 2 aliphatic rings. The molecule has 18 heavy (non-hydrogen) atoms. The summed E-state index contributed by atoms with van der Waals surface area (Å²) in [5.41, 5.74) is 5.79. The molecular formula is C13H22N2O3. The van der Waals surface area contributed by atoms with E-state index in [2.05, 4.69) is 0 Å². The van der Waals surface area contributed by atoms with E-state index in [1.54, 1.807) is 6.92 Å². The Bertz CT molecular complexity index is 346. The van der Waals surface area contributed by atoms with Gasteiger partial charge in [0.25, 0.3) is 0 Å². The Labute approximate surface area is 107 Å². The first-order valence-corrected chi connectivity index (χ1v) is 6.71. The van der Waals surface area contributed by atoms with Gasteiger partial charge in [0.1, 0.15) is 0 Å². The van der Waals surface area contributed by atoms with E-state index >= 15 is 0 Å². The highest BCUT2D eigenvalue weighted by atomic mass is 16.4. The summed E-state index contributed by atoms with van der Waals surface area (Å²) in [5, 5.41) is 9.00. The molecule has 1 atom stereocenters. The second kappa shape index (κ2) is 4.88. The Morgan fingerprint density at radius 1 is 1.33 bits per heavy atom. The Hall–Kier alpha value is -1.10. The van der Waals surface area contributed by atoms with Crippen LogP contribution in [-0.4, -0.2) is 41.0 Å². The van der Waals surface area contributed by atoms with Crippen LogP contribution in [0.4, 0.5) is 0 Å². The van der Waals surface area contributed by atoms with Crippen molar-refractivity contribution in [2.24, 2.45) is 17.1 Å². The molecule has 1 unspecified atom stereocenters. The van der Waals surface area contributed by atoms with Gasteiger partial charge in [-0.3, -0.25) is 9.59 Å². The average molecular weight is 254 g/mol. The molecule has 0 bridgehead atoms. The van der Waals surface area contributed by atoms with E-state index in [0.29, 0.717) is 0 Å². The van der Waals surface area contributed by atoms with Crippen LogP contribution in [0, 0.1) is 11.3 Å². The molecular weight excluding hydrogens is 232 g/mol. The SMILES string of the molecule is CC(N)C(=O)N1CCC2(CCC(C(=O)O)CC2)C1. The predicted octanol–water partition coefficient (Wildman–Crippen LogP) is 0.827. The lowest BCUT2D eigenvalue weighted by Gasteiger charge is -2.35. The van der Waals surface area contributed by atoms with Crippen LogP contribution in [0.3, 0.4) is 0 Å². The zero-order valence-electron chi connectivity index (χ0n) is 10.9. The smallest absolute Gasteiger partial charge is 0.306 e. The predicted molar refractivity (Wildman–Crippen MR) is 66.9 cm³/mol. The molecule has 2 rings (SSSR count). The minimum Gasteiger partial charge on any atom is -0.481 e. The first kappa shape index (κ1) is 13.3. The van der Waals surface area contributed by atoms with Crippen molar-refractivity contribution < 1.29 is 14.7 Å². The Morgan fingerprint density at radius 3 is 2.44 bits per heavy atom. The average Bonchev–Trinajstić information content (AvgIpc) is 2.72. The van der Waals surface area contributed by atoms with Gasteiger partial charge in [-0.05, 0) is 44.4 Å². The molecule has 0 radical (unpaired) electrons. The van der Waals surface area contributed by atoms with Crippen LogP contribution in [0.1, 0.15) is 39.0 Å². The van der Waals surface area contributed by atoms with Crippen LogP contribution in [-0.2, 0) is 9.59 Å². The summed E-state index contributed by atoms with van der Waals surface area (Å²) in [7, 11) is 0. The third-order valence-electron chi connectivity index (χ3n) is 4.54. The molecule has 1 aliphatic carbocycles. The van der Waals surface area contributed by atoms with Crippen molar-refractivity contribution in [2.45, 2.75) is 45.1 Å². The second-order valence-corrected chi connectivity index (χ2v) is 5.91. The van der Waals surface area contributed by atoms with Crippen molar-refractivity contribution in [3.8, 4) is 0 Å². The van der Waals surface area contributed by atoms with Crippen LogP contribution in [0.2, 0.25) is 0 Å². The molecule has 0 aromatic carbocycles. The largest absolute Gasteiger partial charge is 0.481 e. The molecule has 2 fully saturated rings. The fourth-order valence-corrected chi connectivity index (χ4v) is 3.30. The molecule has 3 N–H and O–H groups in total. The van der Waals surface area contributed by atoms with Gasteiger partial charge in [0.2, 0.25) is 5.91 Å². The highest BCUT2D eigenvalue weighted by Crippen LogP contribution is 2.45. The van der Waals surface area contributed by atoms with Gasteiger partial charge in [-0.2, -0.15) is 0 Å². The monoisotopic (exact) mass is 254 g/mol. The molecule has 1 spiro atoms. The number of rotatable bonds is 2. The van der Waals surface area contributed by atoms with Gasteiger partial charge < -0.3 is 15.7 Å². The second-order valence-electron chi connectivity index (χ2n) is 5.91. The van der Waals surface area contributed by atoms with Crippen molar-refractivity contribution in [1.82, 2.24) is 4.90 Å². The lowest BCUT2D eigenvalue weighted by Crippen LogP contribution is -2.42. The molecule has 0 aromatic heterocycles. The fourth-order valence-electron chi connectivity index (χ4n) is 3.30. The van der Waals surface area contributed by atoms with Gasteiger partial charge in [-0.25, -0.2) is 0 Å². The number of carbonyl (C=O) groups excluding carboxylic acids is 1. The number of aliphatic carboxylic acids is 1. The van der Waals surface area contributed by atoms with Crippen molar-refractivity contribution in [1.29, 1.82) is 0 Å². The van der Waals surface area contributed by atoms with Gasteiger partial charge in [-0.1, -0.05) is 0 Å². The van der Waals surface area contributed by atoms with E-state index in [4.69, 9.17) is 10.8 Å². The van der Waals surface area contributed by atoms with E-state index in [9.17, 15) is 9.59 Å². The number of carboxylic acid groups (broad SMARTS) is 1. The summed E-state index contributed by atoms with van der Waals surface area (Å²) in [4.78, 5) is 24.6. The minimum atomic E-state index is -0.675. The van der Waals surface area contributed by atoms with Crippen LogP contribution in [0.15, 0.2) is 0 Å². The van der Waals surface area contributed by atoms with Crippen molar-refractivity contribution in [2.75, 3.05) is 13.1 Å². The van der Waals surface area contributed by atoms with Crippen LogP contribution >= 0.6 is 0 Å². The highest BCUT2D eigenvalue weighted by molar-refractivity contribution is 5.81. The zero-order chi connectivity index (χ0) is 13.3. The number of carbonyl (C=O) groups is 2. The summed E-state index contributed by atoms with van der Waals surface area (Å²) in [6.45, 7) is 3.26. The van der Waals surface area contributed by atoms with Crippen LogP contribution in [0.25, 0.3) is 0 Å². The van der Waals surface area contributed by atoms with Crippen molar-refractivity contribution in [3.05, 3.63) is 0 Å². The fraction of sp³-hybridized carbons (Fsp3) is 0.846. The maximum absolute atomic E-state index is 11.9. The van der Waals surface area contributed by atoms with E-state index in [1.165, 1.54) is 0 Å². The molecule has 1 saturated carbocycles. The Kier molecular flexibility index (Phi) is 3.61. The molecule has 1 saturated heterocycles. The molecule has 1 heterocycles. The number of nitrogens with two attached hydrogens (primary N) is 1. The summed E-state index contributed by atoms with van der Waals surface area (Å²) in [5.74, 6) is -0.840. The van der Waals surface area contributed by atoms with Crippen molar-refractivity contribution in [3.63, 3.8) is 0 Å². The van der Waals surface area contributed by atoms with Crippen LogP contribution < -0.4 is 5.73 Å². The lowest BCUT2D eigenvalue weighted by atomic mass is 9.70. The number of amides is 1. The van der Waals surface area contributed by atoms with Gasteiger partial charge in [0, 0.05) is 13.1 Å². The summed E-state index contributed by atoms with van der Waals surface area (Å²) >= 11 is 0. The van der Waals surface area contributed by atoms with E-state index in [0.717, 1.165) is 45.2 Å². The maximum Gasteiger partial charge on any atom is 0.306 e. The highest BCUT2D eigenvalue weighted by Gasteiger charge is 2.43. The normalized spacial score (nSPS) is 33.7. The first-order valence-electron chi connectivity index (χ1n) is 6.71. The molecule has 102 valence electrons. The number of hydrogen-bond acceptors (Lipinski definition) is 3. The molecule has 1 amide bonds. The van der Waals surface area contributed by atoms with Gasteiger partial charge >= 0.3 is 5.97 Å².